The van der Waals surface area contributed by atoms with E-state index >= 15 is 0 Å². The molecule has 0 aliphatic carbocycles. The Kier molecular flexibility index (Phi) is 5.52. The normalized spacial score (nSPS) is 13.9. The predicted molar refractivity (Wildman–Crippen MR) is 97.1 cm³/mol. The quantitative estimate of drug-likeness (QED) is 0.637. The van der Waals surface area contributed by atoms with Gasteiger partial charge in [0.15, 0.2) is 8.32 Å². The van der Waals surface area contributed by atoms with E-state index in [1.54, 1.807) is 18.2 Å². The van der Waals surface area contributed by atoms with Gasteiger partial charge in [-0.05, 0) is 36.3 Å². The molecule has 0 radical (unpaired) electrons. The summed E-state index contributed by atoms with van der Waals surface area (Å²) in [7, 11) is -1.88. The van der Waals surface area contributed by atoms with E-state index in [0.29, 0.717) is 11.3 Å². The topological polar surface area (TPSA) is 68.9 Å². The Morgan fingerprint density at radius 1 is 1.17 bits per heavy atom. The van der Waals surface area contributed by atoms with E-state index in [1.807, 2.05) is 6.07 Å². The number of fused-ring (bicyclic) bond motifs is 1. The summed E-state index contributed by atoms with van der Waals surface area (Å²) in [6.07, 6.45) is -0.711. The van der Waals surface area contributed by atoms with Crippen LogP contribution in [0.5, 0.6) is 5.75 Å². The molecule has 0 spiro atoms. The highest BCUT2D eigenvalue weighted by Gasteiger charge is 2.37. The largest absolute Gasteiger partial charge is 0.491 e. The molecule has 5 nitrogen and oxygen atoms in total. The Bertz CT molecular complexity index is 745. The zero-order valence-electron chi connectivity index (χ0n) is 15.0. The molecule has 0 aliphatic rings. The third-order valence-electron chi connectivity index (χ3n) is 4.48. The van der Waals surface area contributed by atoms with Crippen LogP contribution in [0.15, 0.2) is 39.5 Å². The second-order valence-corrected chi connectivity index (χ2v) is 12.3. The van der Waals surface area contributed by atoms with Gasteiger partial charge in [-0.15, -0.1) is 0 Å². The van der Waals surface area contributed by atoms with Crippen LogP contribution in [0.3, 0.4) is 0 Å². The fourth-order valence-electron chi connectivity index (χ4n) is 1.89. The van der Waals surface area contributed by atoms with Crippen molar-refractivity contribution in [2.45, 2.75) is 45.0 Å². The predicted octanol–water partition coefficient (Wildman–Crippen LogP) is 3.55. The molecule has 1 N–H and O–H groups in total. The molecule has 1 heterocycles. The second kappa shape index (κ2) is 7.09. The van der Waals surface area contributed by atoms with Gasteiger partial charge in [-0.25, -0.2) is 4.79 Å². The summed E-state index contributed by atoms with van der Waals surface area (Å²) in [6, 6.07) is 8.33. The van der Waals surface area contributed by atoms with E-state index in [1.165, 1.54) is 6.07 Å². The fourth-order valence-corrected chi connectivity index (χ4v) is 2.93. The molecule has 1 aromatic carbocycles. The first-order chi connectivity index (χ1) is 11.1. The summed E-state index contributed by atoms with van der Waals surface area (Å²) in [5.41, 5.74) is 0.0643. The average molecular weight is 350 g/mol. The van der Waals surface area contributed by atoms with Crippen LogP contribution in [0.25, 0.3) is 11.0 Å². The Balaban J connectivity index is 1.92. The van der Waals surface area contributed by atoms with E-state index in [0.717, 1.165) is 5.39 Å². The van der Waals surface area contributed by atoms with Crippen molar-refractivity contribution in [3.8, 4) is 5.75 Å². The molecule has 0 saturated carbocycles. The summed E-state index contributed by atoms with van der Waals surface area (Å²) >= 11 is 0. The van der Waals surface area contributed by atoms with Crippen LogP contribution in [0.2, 0.25) is 18.1 Å². The standard InChI is InChI=1S/C18H26O5Si/c1-18(2,3)24(4,5)22-12-14(19)11-21-15-8-6-13-7-9-17(20)23-16(13)10-15/h6-10,14,19H,11-12H2,1-5H3. The molecule has 0 fully saturated rings. The third kappa shape index (κ3) is 4.69. The number of rotatable bonds is 6. The molecule has 0 amide bonds. The van der Waals surface area contributed by atoms with Crippen LogP contribution >= 0.6 is 0 Å². The summed E-state index contributed by atoms with van der Waals surface area (Å²) in [6.45, 7) is 11.1. The maximum absolute atomic E-state index is 11.3. The van der Waals surface area contributed by atoms with Gasteiger partial charge < -0.3 is 18.7 Å². The number of hydrogen-bond acceptors (Lipinski definition) is 5. The Morgan fingerprint density at radius 3 is 2.50 bits per heavy atom. The van der Waals surface area contributed by atoms with Gasteiger partial charge in [0.05, 0.1) is 6.61 Å². The molecule has 0 saturated heterocycles. The molecule has 1 unspecified atom stereocenters. The zero-order chi connectivity index (χ0) is 18.0. The van der Waals surface area contributed by atoms with Gasteiger partial charge in [0.1, 0.15) is 24.0 Å². The number of hydrogen-bond donors (Lipinski definition) is 1. The molecule has 0 bridgehead atoms. The Morgan fingerprint density at radius 2 is 1.83 bits per heavy atom. The lowest BCUT2D eigenvalue weighted by molar-refractivity contribution is 0.0576. The summed E-state index contributed by atoms with van der Waals surface area (Å²) in [5.74, 6) is 0.545. The maximum atomic E-state index is 11.3. The zero-order valence-corrected chi connectivity index (χ0v) is 16.0. The number of aliphatic hydroxyl groups excluding tert-OH is 1. The van der Waals surface area contributed by atoms with E-state index in [-0.39, 0.29) is 18.3 Å². The second-order valence-electron chi connectivity index (χ2n) is 7.49. The lowest BCUT2D eigenvalue weighted by Gasteiger charge is -2.36. The Hall–Kier alpha value is -1.63. The van der Waals surface area contributed by atoms with Gasteiger partial charge in [0.25, 0.3) is 0 Å². The number of ether oxygens (including phenoxy) is 1. The molecule has 2 rings (SSSR count). The third-order valence-corrected chi connectivity index (χ3v) is 8.98. The van der Waals surface area contributed by atoms with Crippen molar-refractivity contribution in [2.75, 3.05) is 13.2 Å². The van der Waals surface area contributed by atoms with Crippen molar-refractivity contribution in [1.82, 2.24) is 0 Å². The first kappa shape index (κ1) is 18.7. The van der Waals surface area contributed by atoms with Crippen LogP contribution < -0.4 is 10.4 Å². The van der Waals surface area contributed by atoms with Crippen LogP contribution in [0.4, 0.5) is 0 Å². The van der Waals surface area contributed by atoms with Crippen molar-refractivity contribution >= 4 is 19.3 Å². The molecule has 6 heteroatoms. The van der Waals surface area contributed by atoms with Crippen molar-refractivity contribution in [2.24, 2.45) is 0 Å². The minimum atomic E-state index is -1.88. The molecule has 0 aliphatic heterocycles. The van der Waals surface area contributed by atoms with Gasteiger partial charge >= 0.3 is 5.63 Å². The average Bonchev–Trinajstić information content (AvgIpc) is 2.49. The van der Waals surface area contributed by atoms with Crippen LogP contribution in [-0.4, -0.2) is 32.7 Å². The van der Waals surface area contributed by atoms with Crippen molar-refractivity contribution < 1.29 is 18.7 Å². The first-order valence-corrected chi connectivity index (χ1v) is 11.0. The molecule has 24 heavy (non-hydrogen) atoms. The number of aliphatic hydroxyl groups is 1. The van der Waals surface area contributed by atoms with Crippen LogP contribution in [0, 0.1) is 0 Å². The molecule has 1 atom stereocenters. The highest BCUT2D eigenvalue weighted by molar-refractivity contribution is 6.74. The minimum absolute atomic E-state index is 0.101. The molecule has 132 valence electrons. The molecule has 2 aromatic rings. The van der Waals surface area contributed by atoms with Gasteiger partial charge in [0, 0.05) is 17.5 Å². The highest BCUT2D eigenvalue weighted by Crippen LogP contribution is 2.36. The lowest BCUT2D eigenvalue weighted by Crippen LogP contribution is -2.43. The van der Waals surface area contributed by atoms with Gasteiger partial charge in [-0.3, -0.25) is 0 Å². The molecular formula is C18H26O5Si. The highest BCUT2D eigenvalue weighted by atomic mass is 28.4. The van der Waals surface area contributed by atoms with Gasteiger partial charge in [-0.2, -0.15) is 0 Å². The summed E-state index contributed by atoms with van der Waals surface area (Å²) < 4.78 is 16.7. The molecular weight excluding hydrogens is 324 g/mol. The number of benzene rings is 1. The fraction of sp³-hybridized carbons (Fsp3) is 0.500. The van der Waals surface area contributed by atoms with E-state index in [9.17, 15) is 9.90 Å². The van der Waals surface area contributed by atoms with E-state index < -0.39 is 20.0 Å². The summed E-state index contributed by atoms with van der Waals surface area (Å²) in [4.78, 5) is 11.3. The SMILES string of the molecule is CC(C)(C)[Si](C)(C)OCC(O)COc1ccc2ccc(=O)oc2c1. The van der Waals surface area contributed by atoms with Crippen LogP contribution in [-0.2, 0) is 4.43 Å². The molecule has 1 aromatic heterocycles. The van der Waals surface area contributed by atoms with Crippen LogP contribution in [0.1, 0.15) is 20.8 Å². The van der Waals surface area contributed by atoms with E-state index in [2.05, 4.69) is 33.9 Å². The van der Waals surface area contributed by atoms with Crippen molar-refractivity contribution in [1.29, 1.82) is 0 Å². The first-order valence-electron chi connectivity index (χ1n) is 8.07. The minimum Gasteiger partial charge on any atom is -0.491 e. The Labute approximate surface area is 143 Å². The van der Waals surface area contributed by atoms with Gasteiger partial charge in [-0.1, -0.05) is 20.8 Å². The van der Waals surface area contributed by atoms with E-state index in [4.69, 9.17) is 13.6 Å². The summed E-state index contributed by atoms with van der Waals surface area (Å²) in [5, 5.41) is 11.0. The lowest BCUT2D eigenvalue weighted by atomic mass is 10.2. The monoisotopic (exact) mass is 350 g/mol. The van der Waals surface area contributed by atoms with Crippen molar-refractivity contribution in [3.63, 3.8) is 0 Å². The maximum Gasteiger partial charge on any atom is 0.336 e. The van der Waals surface area contributed by atoms with Crippen molar-refractivity contribution in [3.05, 3.63) is 40.8 Å². The smallest absolute Gasteiger partial charge is 0.336 e. The van der Waals surface area contributed by atoms with Gasteiger partial charge in [0.2, 0.25) is 0 Å².